The Morgan fingerprint density at radius 2 is 2.30 bits per heavy atom. The smallest absolute Gasteiger partial charge is 0.268 e. The molecule has 0 unspecified atom stereocenters. The lowest BCUT2D eigenvalue weighted by Gasteiger charge is -2.06. The second-order valence-corrected chi connectivity index (χ2v) is 6.74. The molecule has 4 rings (SSSR count). The van der Waals surface area contributed by atoms with Gasteiger partial charge in [-0.15, -0.1) is 11.3 Å². The first-order valence-electron chi connectivity index (χ1n) is 7.53. The highest BCUT2D eigenvalue weighted by atomic mass is 32.1. The van der Waals surface area contributed by atoms with E-state index in [1.165, 1.54) is 24.2 Å². The van der Waals surface area contributed by atoms with Crippen LogP contribution in [0.1, 0.15) is 45.0 Å². The predicted octanol–water partition coefficient (Wildman–Crippen LogP) is 3.42. The third kappa shape index (κ3) is 3.05. The molecule has 7 heteroatoms. The molecule has 3 aromatic rings. The fraction of sp³-hybridized carbons (Fsp3) is 0.312. The van der Waals surface area contributed by atoms with Gasteiger partial charge in [-0.25, -0.2) is 9.67 Å². The zero-order valence-corrected chi connectivity index (χ0v) is 13.5. The first-order valence-corrected chi connectivity index (χ1v) is 8.35. The molecule has 1 N–H and O–H groups in total. The summed E-state index contributed by atoms with van der Waals surface area (Å²) >= 11 is 1.48. The highest BCUT2D eigenvalue weighted by Gasteiger charge is 2.27. The van der Waals surface area contributed by atoms with Crippen LogP contribution in [-0.2, 0) is 6.54 Å². The van der Waals surface area contributed by atoms with Crippen molar-refractivity contribution in [2.24, 2.45) is 0 Å². The Kier molecular flexibility index (Phi) is 3.49. The molecular formula is C16H16N4O2S. The Hall–Kier alpha value is -2.41. The number of anilines is 1. The molecule has 6 nitrogen and oxygen atoms in total. The van der Waals surface area contributed by atoms with Crippen LogP contribution in [0, 0.1) is 6.92 Å². The molecule has 3 aromatic heterocycles. The van der Waals surface area contributed by atoms with Gasteiger partial charge in [-0.2, -0.15) is 5.10 Å². The Morgan fingerprint density at radius 3 is 3.04 bits per heavy atom. The number of aromatic nitrogens is 3. The minimum atomic E-state index is -0.147. The van der Waals surface area contributed by atoms with E-state index >= 15 is 0 Å². The third-order valence-electron chi connectivity index (χ3n) is 3.73. The number of carbonyl (C=O) groups is 1. The first kappa shape index (κ1) is 14.2. The molecule has 1 amide bonds. The summed E-state index contributed by atoms with van der Waals surface area (Å²) in [6.07, 6.45) is 5.69. The van der Waals surface area contributed by atoms with E-state index in [4.69, 9.17) is 4.42 Å². The number of thiazole rings is 1. The first-order chi connectivity index (χ1) is 11.2. The van der Waals surface area contributed by atoms with Gasteiger partial charge in [0.05, 0.1) is 17.4 Å². The summed E-state index contributed by atoms with van der Waals surface area (Å²) in [5.41, 5.74) is 0. The molecule has 0 atom stereocenters. The van der Waals surface area contributed by atoms with Crippen molar-refractivity contribution in [1.82, 2.24) is 14.8 Å². The van der Waals surface area contributed by atoms with E-state index in [0.717, 1.165) is 16.5 Å². The quantitative estimate of drug-likeness (QED) is 0.779. The van der Waals surface area contributed by atoms with Crippen LogP contribution in [0.15, 0.2) is 35.0 Å². The second kappa shape index (κ2) is 5.66. The van der Waals surface area contributed by atoms with Crippen LogP contribution < -0.4 is 5.32 Å². The van der Waals surface area contributed by atoms with E-state index in [2.05, 4.69) is 15.4 Å². The van der Waals surface area contributed by atoms with Crippen molar-refractivity contribution in [3.05, 3.63) is 52.0 Å². The number of nitrogens with zero attached hydrogens (tertiary/aromatic N) is 3. The number of rotatable bonds is 5. The number of furan rings is 1. The van der Waals surface area contributed by atoms with Crippen LogP contribution in [-0.4, -0.2) is 20.7 Å². The summed E-state index contributed by atoms with van der Waals surface area (Å²) in [6, 6.07) is 5.60. The van der Waals surface area contributed by atoms with Crippen LogP contribution in [0.4, 0.5) is 5.82 Å². The lowest BCUT2D eigenvalue weighted by Crippen LogP contribution is -2.15. The van der Waals surface area contributed by atoms with Crippen LogP contribution in [0.25, 0.3) is 0 Å². The van der Waals surface area contributed by atoms with E-state index in [-0.39, 0.29) is 5.91 Å². The van der Waals surface area contributed by atoms with Crippen molar-refractivity contribution in [1.29, 1.82) is 0 Å². The standard InChI is InChI=1S/C16H16N4O2S/c1-10-2-5-12(22-10)9-20-14(6-7-18-20)19-15(21)13-8-17-16(23-13)11-3-4-11/h2,5-8,11H,3-4,9H2,1H3,(H,19,21). The van der Waals surface area contributed by atoms with Crippen LogP contribution in [0.5, 0.6) is 0 Å². The zero-order chi connectivity index (χ0) is 15.8. The van der Waals surface area contributed by atoms with Gasteiger partial charge in [-0.05, 0) is 31.9 Å². The number of hydrogen-bond donors (Lipinski definition) is 1. The third-order valence-corrected chi connectivity index (χ3v) is 4.89. The maximum atomic E-state index is 12.4. The minimum absolute atomic E-state index is 0.147. The maximum Gasteiger partial charge on any atom is 0.268 e. The highest BCUT2D eigenvalue weighted by Crippen LogP contribution is 2.41. The molecule has 1 aliphatic carbocycles. The Morgan fingerprint density at radius 1 is 1.43 bits per heavy atom. The van der Waals surface area contributed by atoms with Gasteiger partial charge in [-0.3, -0.25) is 4.79 Å². The average Bonchev–Trinajstić information content (AvgIpc) is 2.94. The van der Waals surface area contributed by atoms with E-state index in [1.54, 1.807) is 23.1 Å². The van der Waals surface area contributed by atoms with Gasteiger partial charge in [0.1, 0.15) is 28.8 Å². The Labute approximate surface area is 137 Å². The summed E-state index contributed by atoms with van der Waals surface area (Å²) in [7, 11) is 0. The van der Waals surface area contributed by atoms with Crippen molar-refractivity contribution in [3.8, 4) is 0 Å². The SMILES string of the molecule is Cc1ccc(Cn2nccc2NC(=O)c2cnc(C3CC3)s2)o1. The van der Waals surface area contributed by atoms with E-state index in [0.29, 0.717) is 23.2 Å². The Bertz CT molecular complexity index is 844. The molecule has 0 spiro atoms. The second-order valence-electron chi connectivity index (χ2n) is 5.68. The van der Waals surface area contributed by atoms with Gasteiger partial charge in [-0.1, -0.05) is 0 Å². The lowest BCUT2D eigenvalue weighted by atomic mass is 10.4. The molecule has 1 aliphatic rings. The van der Waals surface area contributed by atoms with Crippen molar-refractivity contribution in [2.45, 2.75) is 32.2 Å². The summed E-state index contributed by atoms with van der Waals surface area (Å²) < 4.78 is 7.26. The monoisotopic (exact) mass is 328 g/mol. The molecule has 0 radical (unpaired) electrons. The molecular weight excluding hydrogens is 312 g/mol. The summed E-state index contributed by atoms with van der Waals surface area (Å²) in [5, 5.41) is 8.20. The van der Waals surface area contributed by atoms with Crippen molar-refractivity contribution < 1.29 is 9.21 Å². The molecule has 1 saturated carbocycles. The van der Waals surface area contributed by atoms with Crippen molar-refractivity contribution >= 4 is 23.1 Å². The number of nitrogens with one attached hydrogen (secondary N) is 1. The van der Waals surface area contributed by atoms with Gasteiger partial charge in [0.15, 0.2) is 0 Å². The molecule has 1 fully saturated rings. The highest BCUT2D eigenvalue weighted by molar-refractivity contribution is 7.13. The largest absolute Gasteiger partial charge is 0.464 e. The Balaban J connectivity index is 1.47. The number of carbonyl (C=O) groups excluding carboxylic acids is 1. The average molecular weight is 328 g/mol. The molecule has 23 heavy (non-hydrogen) atoms. The van der Waals surface area contributed by atoms with Gasteiger partial charge >= 0.3 is 0 Å². The zero-order valence-electron chi connectivity index (χ0n) is 12.7. The molecule has 0 aromatic carbocycles. The van der Waals surface area contributed by atoms with Gasteiger partial charge in [0.25, 0.3) is 5.91 Å². The molecule has 0 aliphatic heterocycles. The molecule has 0 bridgehead atoms. The van der Waals surface area contributed by atoms with Gasteiger partial charge in [0.2, 0.25) is 0 Å². The van der Waals surface area contributed by atoms with Gasteiger partial charge in [0, 0.05) is 12.0 Å². The van der Waals surface area contributed by atoms with Crippen LogP contribution in [0.3, 0.4) is 0 Å². The topological polar surface area (TPSA) is 73.0 Å². The predicted molar refractivity (Wildman–Crippen MR) is 86.8 cm³/mol. The minimum Gasteiger partial charge on any atom is -0.464 e. The van der Waals surface area contributed by atoms with Crippen molar-refractivity contribution in [2.75, 3.05) is 5.32 Å². The summed E-state index contributed by atoms with van der Waals surface area (Å²) in [6.45, 7) is 2.38. The fourth-order valence-electron chi connectivity index (χ4n) is 2.37. The summed E-state index contributed by atoms with van der Waals surface area (Å²) in [4.78, 5) is 17.3. The van der Waals surface area contributed by atoms with E-state index in [9.17, 15) is 4.79 Å². The van der Waals surface area contributed by atoms with Crippen LogP contribution in [0.2, 0.25) is 0 Å². The van der Waals surface area contributed by atoms with Crippen molar-refractivity contribution in [3.63, 3.8) is 0 Å². The van der Waals surface area contributed by atoms with E-state index < -0.39 is 0 Å². The summed E-state index contributed by atoms with van der Waals surface area (Å²) in [5.74, 6) is 2.72. The fourth-order valence-corrected chi connectivity index (χ4v) is 3.35. The lowest BCUT2D eigenvalue weighted by molar-refractivity contribution is 0.102. The maximum absolute atomic E-state index is 12.4. The molecule has 3 heterocycles. The number of aryl methyl sites for hydroxylation is 1. The molecule has 0 saturated heterocycles. The molecule has 118 valence electrons. The van der Waals surface area contributed by atoms with E-state index in [1.807, 2.05) is 19.1 Å². The normalized spacial score (nSPS) is 14.1. The number of hydrogen-bond acceptors (Lipinski definition) is 5. The van der Waals surface area contributed by atoms with Crippen LogP contribution >= 0.6 is 11.3 Å². The number of amides is 1. The van der Waals surface area contributed by atoms with Gasteiger partial charge < -0.3 is 9.73 Å².